The van der Waals surface area contributed by atoms with Gasteiger partial charge in [0.15, 0.2) is 5.57 Å². The van der Waals surface area contributed by atoms with Crippen LogP contribution in [0.5, 0.6) is 0 Å². The Balaban J connectivity index is 1.49. The van der Waals surface area contributed by atoms with Crippen molar-refractivity contribution in [2.75, 3.05) is 85.6 Å². The molecule has 0 bridgehead atoms. The molecule has 154 valence electrons. The van der Waals surface area contributed by atoms with Gasteiger partial charge in [0.2, 0.25) is 0 Å². The van der Waals surface area contributed by atoms with Gasteiger partial charge in [-0.05, 0) is 58.9 Å². The molecule has 0 radical (unpaired) electrons. The summed E-state index contributed by atoms with van der Waals surface area (Å²) in [6.07, 6.45) is 4.83. The number of allylic oxidation sites excluding steroid dienone is 1. The topological polar surface area (TPSA) is 63.8 Å². The van der Waals surface area contributed by atoms with Gasteiger partial charge in [-0.2, -0.15) is 10.5 Å². The number of hydrogen-bond donors (Lipinski definition) is 0. The Labute approximate surface area is 170 Å². The molecule has 0 aromatic carbocycles. The van der Waals surface area contributed by atoms with Crippen LogP contribution in [0, 0.1) is 22.7 Å². The maximum absolute atomic E-state index is 9.47. The molecule has 3 heterocycles. The van der Waals surface area contributed by atoms with Crippen LogP contribution in [0.2, 0.25) is 0 Å². The average Bonchev–Trinajstić information content (AvgIpc) is 3.36. The Morgan fingerprint density at radius 3 is 1.71 bits per heavy atom. The zero-order chi connectivity index (χ0) is 19.8. The molecule has 3 aliphatic rings. The minimum Gasteiger partial charge on any atom is -0.355 e. The summed E-state index contributed by atoms with van der Waals surface area (Å²) in [5.41, 5.74) is 0.276. The predicted molar refractivity (Wildman–Crippen MR) is 110 cm³/mol. The third-order valence-corrected chi connectivity index (χ3v) is 6.29. The van der Waals surface area contributed by atoms with Gasteiger partial charge < -0.3 is 24.5 Å². The number of hydrogen-bond acceptors (Lipinski definition) is 7. The molecular formula is C21H35N7. The third kappa shape index (κ3) is 5.61. The van der Waals surface area contributed by atoms with E-state index in [4.69, 9.17) is 0 Å². The van der Waals surface area contributed by atoms with Crippen molar-refractivity contribution in [3.8, 4) is 12.1 Å². The fourth-order valence-corrected chi connectivity index (χ4v) is 4.58. The predicted octanol–water partition coefficient (Wildman–Crippen LogP) is 0.986. The zero-order valence-electron chi connectivity index (χ0n) is 17.4. The summed E-state index contributed by atoms with van der Waals surface area (Å²) in [5, 5.41) is 18.9. The van der Waals surface area contributed by atoms with Crippen molar-refractivity contribution in [2.24, 2.45) is 0 Å². The molecule has 3 aliphatic heterocycles. The zero-order valence-corrected chi connectivity index (χ0v) is 17.4. The van der Waals surface area contributed by atoms with Gasteiger partial charge in [0.25, 0.3) is 0 Å². The van der Waals surface area contributed by atoms with Crippen molar-refractivity contribution < 1.29 is 0 Å². The summed E-state index contributed by atoms with van der Waals surface area (Å²) in [5.74, 6) is 0.879. The average molecular weight is 386 g/mol. The lowest BCUT2D eigenvalue weighted by Gasteiger charge is -2.33. The summed E-state index contributed by atoms with van der Waals surface area (Å²) < 4.78 is 0. The van der Waals surface area contributed by atoms with E-state index in [1.54, 1.807) is 0 Å². The third-order valence-electron chi connectivity index (χ3n) is 6.29. The molecule has 0 spiro atoms. The molecule has 0 unspecified atom stereocenters. The van der Waals surface area contributed by atoms with Gasteiger partial charge in [-0.1, -0.05) is 0 Å². The monoisotopic (exact) mass is 385 g/mol. The number of nitrogens with zero attached hydrogens (tertiary/aromatic N) is 7. The lowest BCUT2D eigenvalue weighted by atomic mass is 10.2. The first-order chi connectivity index (χ1) is 13.7. The standard InChI is InChI=1S/C21H35N7/c1-24-12-14-26(15-13-24)9-5-11-28-17-16-27(21(28)20(18-22)19-23)10-4-8-25-6-2-3-7-25/h2-17H2,1H3. The van der Waals surface area contributed by atoms with Crippen LogP contribution >= 0.6 is 0 Å². The fourth-order valence-electron chi connectivity index (χ4n) is 4.58. The Morgan fingerprint density at radius 1 is 0.714 bits per heavy atom. The quantitative estimate of drug-likeness (QED) is 0.577. The molecule has 3 rings (SSSR count). The molecule has 0 aromatic heterocycles. The molecule has 0 aliphatic carbocycles. The summed E-state index contributed by atoms with van der Waals surface area (Å²) >= 11 is 0. The molecule has 0 N–H and O–H groups in total. The molecule has 7 heteroatoms. The number of piperazine rings is 1. The van der Waals surface area contributed by atoms with E-state index in [9.17, 15) is 10.5 Å². The highest BCUT2D eigenvalue weighted by Gasteiger charge is 2.28. The first kappa shape index (κ1) is 20.9. The second-order valence-electron chi connectivity index (χ2n) is 8.30. The number of likely N-dealkylation sites (tertiary alicyclic amines) is 1. The van der Waals surface area contributed by atoms with E-state index in [0.29, 0.717) is 0 Å². The molecular weight excluding hydrogens is 350 g/mol. The number of rotatable bonds is 8. The van der Waals surface area contributed by atoms with Crippen molar-refractivity contribution in [3.63, 3.8) is 0 Å². The summed E-state index contributed by atoms with van der Waals surface area (Å²) in [4.78, 5) is 12.0. The van der Waals surface area contributed by atoms with Gasteiger partial charge in [0, 0.05) is 52.4 Å². The van der Waals surface area contributed by atoms with Crippen LogP contribution in [0.25, 0.3) is 0 Å². The van der Waals surface area contributed by atoms with E-state index in [2.05, 4.69) is 43.7 Å². The van der Waals surface area contributed by atoms with E-state index >= 15 is 0 Å². The van der Waals surface area contributed by atoms with Gasteiger partial charge >= 0.3 is 0 Å². The van der Waals surface area contributed by atoms with Gasteiger partial charge in [-0.15, -0.1) is 0 Å². The van der Waals surface area contributed by atoms with Crippen LogP contribution in [0.3, 0.4) is 0 Å². The fraction of sp³-hybridized carbons (Fsp3) is 0.810. The van der Waals surface area contributed by atoms with E-state index in [1.807, 2.05) is 0 Å². The molecule has 7 nitrogen and oxygen atoms in total. The minimum atomic E-state index is 0.276. The Morgan fingerprint density at radius 2 is 1.21 bits per heavy atom. The molecule has 28 heavy (non-hydrogen) atoms. The Hall–Kier alpha value is -1.80. The second kappa shape index (κ2) is 10.7. The Bertz CT molecular complexity index is 587. The second-order valence-corrected chi connectivity index (χ2v) is 8.30. The van der Waals surface area contributed by atoms with Gasteiger partial charge in [0.05, 0.1) is 0 Å². The van der Waals surface area contributed by atoms with Crippen molar-refractivity contribution in [1.82, 2.24) is 24.5 Å². The van der Waals surface area contributed by atoms with Crippen LogP contribution in [0.15, 0.2) is 11.4 Å². The van der Waals surface area contributed by atoms with Crippen molar-refractivity contribution in [1.29, 1.82) is 10.5 Å². The van der Waals surface area contributed by atoms with Crippen LogP contribution in [0.4, 0.5) is 0 Å². The highest BCUT2D eigenvalue weighted by Crippen LogP contribution is 2.23. The van der Waals surface area contributed by atoms with Gasteiger partial charge in [0.1, 0.15) is 18.0 Å². The summed E-state index contributed by atoms with van der Waals surface area (Å²) in [6, 6.07) is 4.28. The smallest absolute Gasteiger partial charge is 0.169 e. The minimum absolute atomic E-state index is 0.276. The normalized spacial score (nSPS) is 21.9. The van der Waals surface area contributed by atoms with E-state index < -0.39 is 0 Å². The van der Waals surface area contributed by atoms with Crippen molar-refractivity contribution >= 4 is 0 Å². The maximum atomic E-state index is 9.47. The number of likely N-dealkylation sites (N-methyl/N-ethyl adjacent to an activating group) is 1. The van der Waals surface area contributed by atoms with E-state index in [0.717, 1.165) is 84.1 Å². The van der Waals surface area contributed by atoms with Gasteiger partial charge in [-0.25, -0.2) is 0 Å². The van der Waals surface area contributed by atoms with Crippen molar-refractivity contribution in [3.05, 3.63) is 11.4 Å². The van der Waals surface area contributed by atoms with Crippen LogP contribution in [-0.4, -0.2) is 110 Å². The van der Waals surface area contributed by atoms with Crippen molar-refractivity contribution in [2.45, 2.75) is 25.7 Å². The van der Waals surface area contributed by atoms with Crippen LogP contribution < -0.4 is 0 Å². The highest BCUT2D eigenvalue weighted by molar-refractivity contribution is 5.40. The Kier molecular flexibility index (Phi) is 7.97. The maximum Gasteiger partial charge on any atom is 0.169 e. The molecule has 3 saturated heterocycles. The molecule has 0 saturated carbocycles. The summed E-state index contributed by atoms with van der Waals surface area (Å²) in [6.45, 7) is 13.0. The van der Waals surface area contributed by atoms with Crippen LogP contribution in [0.1, 0.15) is 25.7 Å². The SMILES string of the molecule is CN1CCN(CCCN2CCN(CCCN3CCCC3)C2=C(C#N)C#N)CC1. The van der Waals surface area contributed by atoms with E-state index in [-0.39, 0.29) is 5.57 Å². The van der Waals surface area contributed by atoms with Crippen LogP contribution in [-0.2, 0) is 0 Å². The first-order valence-electron chi connectivity index (χ1n) is 10.9. The molecule has 0 amide bonds. The lowest BCUT2D eigenvalue weighted by molar-refractivity contribution is 0.149. The lowest BCUT2D eigenvalue weighted by Crippen LogP contribution is -2.45. The highest BCUT2D eigenvalue weighted by atomic mass is 15.4. The largest absolute Gasteiger partial charge is 0.355 e. The molecule has 0 atom stereocenters. The summed E-state index contributed by atoms with van der Waals surface area (Å²) in [7, 11) is 2.18. The molecule has 0 aromatic rings. The first-order valence-corrected chi connectivity index (χ1v) is 10.9. The van der Waals surface area contributed by atoms with E-state index in [1.165, 1.54) is 25.9 Å². The number of nitriles is 2. The molecule has 3 fully saturated rings. The van der Waals surface area contributed by atoms with Gasteiger partial charge in [-0.3, -0.25) is 0 Å².